The number of hydrogen-bond donors (Lipinski definition) is 1. The van der Waals surface area contributed by atoms with Crippen LogP contribution < -0.4 is 5.43 Å². The van der Waals surface area contributed by atoms with Crippen molar-refractivity contribution in [2.24, 2.45) is 0 Å². The second kappa shape index (κ2) is 6.62. The van der Waals surface area contributed by atoms with E-state index >= 15 is 0 Å². The molecule has 0 heterocycles. The highest BCUT2D eigenvalue weighted by Gasteiger charge is 2.05. The van der Waals surface area contributed by atoms with Gasteiger partial charge in [-0.1, -0.05) is 20.3 Å². The highest BCUT2D eigenvalue weighted by atomic mass is 15.5. The van der Waals surface area contributed by atoms with Crippen LogP contribution in [0.4, 0.5) is 0 Å². The number of rotatable bonds is 6. The summed E-state index contributed by atoms with van der Waals surface area (Å²) >= 11 is 0. The van der Waals surface area contributed by atoms with Crippen molar-refractivity contribution >= 4 is 0 Å². The number of unbranched alkanes of at least 4 members (excludes halogenated alkanes) is 1. The fourth-order valence-corrected chi connectivity index (χ4v) is 1.05. The van der Waals surface area contributed by atoms with E-state index in [4.69, 9.17) is 0 Å². The molecule has 0 aliphatic heterocycles. The Morgan fingerprint density at radius 3 is 2.27 bits per heavy atom. The first kappa shape index (κ1) is 10.9. The molecule has 0 saturated heterocycles. The van der Waals surface area contributed by atoms with Gasteiger partial charge in [0.15, 0.2) is 0 Å². The van der Waals surface area contributed by atoms with Gasteiger partial charge >= 0.3 is 0 Å². The van der Waals surface area contributed by atoms with E-state index in [0.29, 0.717) is 6.04 Å². The van der Waals surface area contributed by atoms with Crippen LogP contribution >= 0.6 is 0 Å². The van der Waals surface area contributed by atoms with Gasteiger partial charge in [0.25, 0.3) is 0 Å². The molecule has 0 spiro atoms. The van der Waals surface area contributed by atoms with Crippen LogP contribution in [0, 0.1) is 0 Å². The molecule has 0 bridgehead atoms. The highest BCUT2D eigenvalue weighted by molar-refractivity contribution is 4.56. The first-order valence-electron chi connectivity index (χ1n) is 4.72. The molecule has 11 heavy (non-hydrogen) atoms. The minimum Gasteiger partial charge on any atom is -0.255 e. The van der Waals surface area contributed by atoms with Gasteiger partial charge in [0.2, 0.25) is 0 Å². The molecule has 0 aromatic carbocycles. The molecule has 2 nitrogen and oxygen atoms in total. The van der Waals surface area contributed by atoms with Gasteiger partial charge in [0.05, 0.1) is 0 Å². The molecule has 0 rings (SSSR count). The quantitative estimate of drug-likeness (QED) is 0.595. The van der Waals surface area contributed by atoms with E-state index in [1.165, 1.54) is 19.4 Å². The number of nitrogens with zero attached hydrogens (tertiary/aromatic N) is 1. The molecule has 2 heteroatoms. The first-order valence-corrected chi connectivity index (χ1v) is 4.72. The summed E-state index contributed by atoms with van der Waals surface area (Å²) in [7, 11) is 0. The largest absolute Gasteiger partial charge is 0.255 e. The normalized spacial score (nSPS) is 11.5. The second-order valence-electron chi connectivity index (χ2n) is 3.15. The zero-order chi connectivity index (χ0) is 8.69. The minimum absolute atomic E-state index is 0.612. The molecule has 0 aliphatic rings. The summed E-state index contributed by atoms with van der Waals surface area (Å²) in [4.78, 5) is 0. The van der Waals surface area contributed by atoms with Crippen LogP contribution in [0.2, 0.25) is 0 Å². The van der Waals surface area contributed by atoms with Gasteiger partial charge < -0.3 is 0 Å². The third kappa shape index (κ3) is 5.22. The van der Waals surface area contributed by atoms with Crippen molar-refractivity contribution < 1.29 is 0 Å². The van der Waals surface area contributed by atoms with Crippen LogP contribution in [0.3, 0.4) is 0 Å². The van der Waals surface area contributed by atoms with Gasteiger partial charge in [-0.3, -0.25) is 5.43 Å². The third-order valence-corrected chi connectivity index (χ3v) is 1.74. The van der Waals surface area contributed by atoms with Crippen LogP contribution in [0.15, 0.2) is 0 Å². The van der Waals surface area contributed by atoms with Crippen molar-refractivity contribution in [3.63, 3.8) is 0 Å². The lowest BCUT2D eigenvalue weighted by Gasteiger charge is -2.26. The molecule has 68 valence electrons. The second-order valence-corrected chi connectivity index (χ2v) is 3.15. The zero-order valence-electron chi connectivity index (χ0n) is 8.35. The fraction of sp³-hybridized carbons (Fsp3) is 1.00. The lowest BCUT2D eigenvalue weighted by molar-refractivity contribution is 0.145. The van der Waals surface area contributed by atoms with Crippen LogP contribution in [0.1, 0.15) is 40.5 Å². The van der Waals surface area contributed by atoms with E-state index in [9.17, 15) is 0 Å². The molecule has 0 unspecified atom stereocenters. The average molecular weight is 158 g/mol. The Morgan fingerprint density at radius 2 is 1.91 bits per heavy atom. The van der Waals surface area contributed by atoms with Gasteiger partial charge in [-0.2, -0.15) is 0 Å². The first-order chi connectivity index (χ1) is 5.22. The zero-order valence-corrected chi connectivity index (χ0v) is 8.35. The van der Waals surface area contributed by atoms with Crippen molar-refractivity contribution in [3.8, 4) is 0 Å². The molecule has 0 fully saturated rings. The minimum atomic E-state index is 0.612. The third-order valence-electron chi connectivity index (χ3n) is 1.74. The number of nitrogens with one attached hydrogen (secondary N) is 1. The van der Waals surface area contributed by atoms with Crippen LogP contribution in [-0.2, 0) is 0 Å². The van der Waals surface area contributed by atoms with Gasteiger partial charge in [0.1, 0.15) is 0 Å². The summed E-state index contributed by atoms with van der Waals surface area (Å²) in [5, 5.41) is 2.31. The maximum atomic E-state index is 3.35. The Balaban J connectivity index is 3.51. The average Bonchev–Trinajstić information content (AvgIpc) is 1.97. The molecule has 0 aromatic heterocycles. The molecule has 0 amide bonds. The summed E-state index contributed by atoms with van der Waals surface area (Å²) in [6.07, 6.45) is 2.56. The van der Waals surface area contributed by atoms with E-state index in [1.54, 1.807) is 0 Å². The van der Waals surface area contributed by atoms with E-state index in [-0.39, 0.29) is 0 Å². The van der Waals surface area contributed by atoms with Gasteiger partial charge in [-0.05, 0) is 20.3 Å². The maximum absolute atomic E-state index is 3.35. The SMILES string of the molecule is CCCCN(NCC)C(C)C. The van der Waals surface area contributed by atoms with Gasteiger partial charge in [0, 0.05) is 19.1 Å². The van der Waals surface area contributed by atoms with E-state index in [1.807, 2.05) is 0 Å². The van der Waals surface area contributed by atoms with Crippen molar-refractivity contribution in [1.29, 1.82) is 0 Å². The Kier molecular flexibility index (Phi) is 6.57. The summed E-state index contributed by atoms with van der Waals surface area (Å²) in [6.45, 7) is 11.0. The maximum Gasteiger partial charge on any atom is 0.0187 e. The summed E-state index contributed by atoms with van der Waals surface area (Å²) in [6, 6.07) is 0.612. The van der Waals surface area contributed by atoms with E-state index < -0.39 is 0 Å². The highest BCUT2D eigenvalue weighted by Crippen LogP contribution is 1.96. The van der Waals surface area contributed by atoms with E-state index in [2.05, 4.69) is 38.1 Å². The smallest absolute Gasteiger partial charge is 0.0187 e. The van der Waals surface area contributed by atoms with Crippen LogP contribution in [-0.4, -0.2) is 24.1 Å². The Labute approximate surface area is 70.9 Å². The Hall–Kier alpha value is -0.0800. The number of hydrazine groups is 1. The number of hydrogen-bond acceptors (Lipinski definition) is 2. The lowest BCUT2D eigenvalue weighted by atomic mass is 10.3. The molecule has 0 radical (unpaired) electrons. The summed E-state index contributed by atoms with van der Waals surface area (Å²) in [5.74, 6) is 0. The fourth-order valence-electron chi connectivity index (χ4n) is 1.05. The summed E-state index contributed by atoms with van der Waals surface area (Å²) < 4.78 is 0. The molecule has 0 aliphatic carbocycles. The van der Waals surface area contributed by atoms with Crippen LogP contribution in [0.25, 0.3) is 0 Å². The van der Waals surface area contributed by atoms with Crippen LogP contribution in [0.5, 0.6) is 0 Å². The van der Waals surface area contributed by atoms with E-state index in [0.717, 1.165) is 6.54 Å². The predicted molar refractivity (Wildman–Crippen MR) is 50.4 cm³/mol. The van der Waals surface area contributed by atoms with Crippen molar-refractivity contribution in [2.45, 2.75) is 46.6 Å². The van der Waals surface area contributed by atoms with Gasteiger partial charge in [-0.15, -0.1) is 0 Å². The molecule has 0 saturated carbocycles. The summed E-state index contributed by atoms with van der Waals surface area (Å²) in [5.41, 5.74) is 3.35. The Morgan fingerprint density at radius 1 is 1.27 bits per heavy atom. The molecule has 0 aromatic rings. The molecular weight excluding hydrogens is 136 g/mol. The van der Waals surface area contributed by atoms with Gasteiger partial charge in [-0.25, -0.2) is 5.01 Å². The van der Waals surface area contributed by atoms with Crippen molar-refractivity contribution in [3.05, 3.63) is 0 Å². The molecule has 1 N–H and O–H groups in total. The predicted octanol–water partition coefficient (Wildman–Crippen LogP) is 2.02. The standard InChI is InChI=1S/C9H22N2/c1-5-7-8-11(9(3)4)10-6-2/h9-10H,5-8H2,1-4H3. The van der Waals surface area contributed by atoms with Crippen molar-refractivity contribution in [2.75, 3.05) is 13.1 Å². The van der Waals surface area contributed by atoms with Crippen molar-refractivity contribution in [1.82, 2.24) is 10.4 Å². The molecule has 0 atom stereocenters. The monoisotopic (exact) mass is 158 g/mol. The molecular formula is C9H22N2. The Bertz CT molecular complexity index is 81.6. The topological polar surface area (TPSA) is 15.3 Å². The lowest BCUT2D eigenvalue weighted by Crippen LogP contribution is -2.43.